The van der Waals surface area contributed by atoms with Gasteiger partial charge in [0, 0.05) is 38.6 Å². The van der Waals surface area contributed by atoms with Gasteiger partial charge < -0.3 is 4.90 Å². The molecular formula is C21H24F3N5O3S. The third kappa shape index (κ3) is 6.02. The van der Waals surface area contributed by atoms with Gasteiger partial charge in [0.05, 0.1) is 17.3 Å². The van der Waals surface area contributed by atoms with Crippen LogP contribution in [0.1, 0.15) is 23.7 Å². The van der Waals surface area contributed by atoms with Crippen molar-refractivity contribution in [2.45, 2.75) is 19.5 Å². The molecule has 178 valence electrons. The third-order valence-corrected chi connectivity index (χ3v) is 6.65. The molecule has 1 aromatic carbocycles. The fourth-order valence-electron chi connectivity index (χ4n) is 3.14. The average Bonchev–Trinajstić information content (AvgIpc) is 3.41. The number of hydrogen-bond donors (Lipinski definition) is 1. The van der Waals surface area contributed by atoms with Crippen molar-refractivity contribution in [3.63, 3.8) is 0 Å². The molecule has 1 atom stereocenters. The predicted molar refractivity (Wildman–Crippen MR) is 118 cm³/mol. The van der Waals surface area contributed by atoms with Crippen molar-refractivity contribution in [3.05, 3.63) is 66.0 Å². The van der Waals surface area contributed by atoms with Gasteiger partial charge in [-0.3, -0.25) is 4.79 Å². The molecule has 1 aliphatic rings. The van der Waals surface area contributed by atoms with Gasteiger partial charge in [-0.1, -0.05) is 6.92 Å². The number of hydrogen-bond acceptors (Lipinski definition) is 5. The number of aromatic nitrogens is 2. The van der Waals surface area contributed by atoms with Crippen LogP contribution in [0.25, 0.3) is 5.52 Å². The van der Waals surface area contributed by atoms with Crippen molar-refractivity contribution >= 4 is 27.3 Å². The molecular weight excluding hydrogens is 459 g/mol. The van der Waals surface area contributed by atoms with Crippen LogP contribution < -0.4 is 9.62 Å². The number of anilines is 1. The van der Waals surface area contributed by atoms with Crippen LogP contribution in [0.5, 0.6) is 0 Å². The molecule has 12 heteroatoms. The maximum absolute atomic E-state index is 13.4. The molecule has 0 aliphatic carbocycles. The van der Waals surface area contributed by atoms with Crippen LogP contribution >= 0.6 is 0 Å². The van der Waals surface area contributed by atoms with E-state index in [-0.39, 0.29) is 12.1 Å². The molecule has 4 rings (SSSR count). The average molecular weight is 484 g/mol. The smallest absolute Gasteiger partial charge is 0.303 e. The van der Waals surface area contributed by atoms with E-state index in [1.54, 1.807) is 25.3 Å². The van der Waals surface area contributed by atoms with Crippen LogP contribution in [0.3, 0.4) is 0 Å². The van der Waals surface area contributed by atoms with Gasteiger partial charge >= 0.3 is 10.2 Å². The van der Waals surface area contributed by atoms with Crippen LogP contribution in [0.4, 0.5) is 18.9 Å². The van der Waals surface area contributed by atoms with Gasteiger partial charge in [-0.2, -0.15) is 17.8 Å². The maximum atomic E-state index is 13.4. The maximum Gasteiger partial charge on any atom is 0.303 e. The van der Waals surface area contributed by atoms with Gasteiger partial charge in [0.1, 0.15) is 17.8 Å². The van der Waals surface area contributed by atoms with E-state index in [4.69, 9.17) is 0 Å². The molecule has 33 heavy (non-hydrogen) atoms. The summed E-state index contributed by atoms with van der Waals surface area (Å²) >= 11 is 0. The summed E-state index contributed by atoms with van der Waals surface area (Å²) in [5.41, 5.74) is 1.38. The summed E-state index contributed by atoms with van der Waals surface area (Å²) in [6.07, 6.45) is 2.59. The van der Waals surface area contributed by atoms with Crippen molar-refractivity contribution in [3.8, 4) is 0 Å². The number of alkyl halides is 1. The van der Waals surface area contributed by atoms with E-state index in [1.165, 1.54) is 17.8 Å². The second-order valence-corrected chi connectivity index (χ2v) is 9.17. The molecule has 1 N–H and O–H groups in total. The molecule has 2 aromatic heterocycles. The fraction of sp³-hybridized carbons (Fsp3) is 0.333. The number of carbonyl (C=O) groups is 1. The van der Waals surface area contributed by atoms with Crippen LogP contribution in [0.15, 0.2) is 48.8 Å². The van der Waals surface area contributed by atoms with Crippen molar-refractivity contribution < 1.29 is 26.4 Å². The number of rotatable bonds is 5. The fourth-order valence-corrected chi connectivity index (χ4v) is 3.98. The highest BCUT2D eigenvalue weighted by Gasteiger charge is 2.25. The van der Waals surface area contributed by atoms with Crippen molar-refractivity contribution in [1.82, 2.24) is 18.6 Å². The zero-order valence-corrected chi connectivity index (χ0v) is 18.9. The highest BCUT2D eigenvalue weighted by Crippen LogP contribution is 2.24. The second-order valence-electron chi connectivity index (χ2n) is 7.39. The second kappa shape index (κ2) is 10.2. The Morgan fingerprint density at radius 3 is 2.39 bits per heavy atom. The minimum Gasteiger partial charge on any atom is -0.368 e. The van der Waals surface area contributed by atoms with Crippen molar-refractivity contribution in [2.24, 2.45) is 0 Å². The van der Waals surface area contributed by atoms with Gasteiger partial charge in [0.2, 0.25) is 0 Å². The Bertz CT molecular complexity index is 1200. The summed E-state index contributed by atoms with van der Waals surface area (Å²) in [4.78, 5) is 14.3. The summed E-state index contributed by atoms with van der Waals surface area (Å²) < 4.78 is 65.9. The number of amides is 1. The first-order chi connectivity index (χ1) is 15.6. The summed E-state index contributed by atoms with van der Waals surface area (Å²) in [6.45, 7) is 2.81. The highest BCUT2D eigenvalue weighted by molar-refractivity contribution is 7.87. The summed E-state index contributed by atoms with van der Waals surface area (Å²) in [7, 11) is -2.52. The number of pyridine rings is 1. The molecule has 3 aromatic rings. The lowest BCUT2D eigenvalue weighted by Gasteiger charge is -2.18. The monoisotopic (exact) mass is 483 g/mol. The van der Waals surface area contributed by atoms with E-state index in [9.17, 15) is 26.4 Å². The van der Waals surface area contributed by atoms with E-state index >= 15 is 0 Å². The molecule has 1 fully saturated rings. The molecule has 8 nitrogen and oxygen atoms in total. The Morgan fingerprint density at radius 1 is 1.21 bits per heavy atom. The standard InChI is InChI=1S/C15H20FN5O3S.C6H4F2/c1-3-19(2)25(23,24)18-15(22)13-9-17-21-7-5-12(8-14(13)21)20-6-4-11(16)10-20;7-5-1-2-6(8)4-3-5/h5,7-9,11H,3-4,6,10H2,1-2H3,(H,18,22);1-4H. The van der Waals surface area contributed by atoms with Gasteiger partial charge in [-0.15, -0.1) is 0 Å². The first-order valence-corrected chi connectivity index (χ1v) is 11.6. The molecule has 0 bridgehead atoms. The first-order valence-electron chi connectivity index (χ1n) is 10.2. The Morgan fingerprint density at radius 2 is 1.85 bits per heavy atom. The number of nitrogens with one attached hydrogen (secondary N) is 1. The molecule has 0 saturated carbocycles. The minimum atomic E-state index is -3.90. The lowest BCUT2D eigenvalue weighted by atomic mass is 10.2. The highest BCUT2D eigenvalue weighted by atomic mass is 32.2. The molecule has 1 unspecified atom stereocenters. The Labute approximate surface area is 189 Å². The molecule has 0 spiro atoms. The largest absolute Gasteiger partial charge is 0.368 e. The summed E-state index contributed by atoms with van der Waals surface area (Å²) in [6, 6.07) is 7.83. The zero-order valence-electron chi connectivity index (χ0n) is 18.1. The van der Waals surface area contributed by atoms with E-state index in [1.807, 2.05) is 9.62 Å². The quantitative estimate of drug-likeness (QED) is 0.603. The van der Waals surface area contributed by atoms with E-state index in [2.05, 4.69) is 5.10 Å². The normalized spacial score (nSPS) is 16.1. The third-order valence-electron chi connectivity index (χ3n) is 5.13. The predicted octanol–water partition coefficient (Wildman–Crippen LogP) is 2.77. The van der Waals surface area contributed by atoms with E-state index in [0.29, 0.717) is 25.0 Å². The zero-order chi connectivity index (χ0) is 24.2. The van der Waals surface area contributed by atoms with Gasteiger partial charge in [0.15, 0.2) is 0 Å². The Balaban J connectivity index is 0.000000323. The number of halogens is 3. The number of carbonyl (C=O) groups excluding carboxylic acids is 1. The van der Waals surface area contributed by atoms with Gasteiger partial charge in [-0.25, -0.2) is 22.4 Å². The molecule has 1 aliphatic heterocycles. The number of benzene rings is 1. The van der Waals surface area contributed by atoms with Crippen molar-refractivity contribution in [1.29, 1.82) is 0 Å². The Kier molecular flexibility index (Phi) is 7.59. The SMILES string of the molecule is CCN(C)S(=O)(=O)NC(=O)c1cnn2ccc(N3CCC(F)C3)cc12.Fc1ccc(F)cc1. The first kappa shape index (κ1) is 24.5. The lowest BCUT2D eigenvalue weighted by Crippen LogP contribution is -2.41. The summed E-state index contributed by atoms with van der Waals surface area (Å²) in [5, 5.41) is 4.07. The molecule has 1 amide bonds. The van der Waals surface area contributed by atoms with E-state index in [0.717, 1.165) is 34.3 Å². The minimum absolute atomic E-state index is 0.144. The van der Waals surface area contributed by atoms with E-state index < -0.39 is 33.9 Å². The van der Waals surface area contributed by atoms with Gasteiger partial charge in [0.25, 0.3) is 5.91 Å². The van der Waals surface area contributed by atoms with Crippen LogP contribution in [-0.4, -0.2) is 61.1 Å². The molecule has 3 heterocycles. The van der Waals surface area contributed by atoms with Crippen LogP contribution in [0, 0.1) is 11.6 Å². The topological polar surface area (TPSA) is 87.0 Å². The molecule has 0 radical (unpaired) electrons. The lowest BCUT2D eigenvalue weighted by molar-refractivity contribution is 0.0981. The number of fused-ring (bicyclic) bond motifs is 1. The van der Waals surface area contributed by atoms with Gasteiger partial charge in [-0.05, 0) is 42.8 Å². The van der Waals surface area contributed by atoms with Crippen LogP contribution in [0.2, 0.25) is 0 Å². The Hall–Kier alpha value is -3.12. The van der Waals surface area contributed by atoms with Crippen LogP contribution in [-0.2, 0) is 10.2 Å². The number of nitrogens with zero attached hydrogens (tertiary/aromatic N) is 4. The summed E-state index contributed by atoms with van der Waals surface area (Å²) in [5.74, 6) is -1.57. The molecule has 1 saturated heterocycles. The van der Waals surface area contributed by atoms with Crippen molar-refractivity contribution in [2.75, 3.05) is 31.6 Å².